The van der Waals surface area contributed by atoms with E-state index in [0.717, 1.165) is 16.7 Å². The molecule has 0 spiro atoms. The van der Waals surface area contributed by atoms with Gasteiger partial charge in [-0.2, -0.15) is 0 Å². The zero-order valence-corrected chi connectivity index (χ0v) is 17.7. The standard InChI is InChI=1S/C27H29NO2/c1-3-21(25(29)4-2)20-26(30)28-27(22-14-8-5-9-15-22,23-16-10-6-11-17-23)24-18-12-7-13-19-24/h5-19,21H,3-4,20H2,1-2H3,(H,28,30)/t21-/m0/s1. The van der Waals surface area contributed by atoms with Crippen molar-refractivity contribution in [2.45, 2.75) is 38.6 Å². The summed E-state index contributed by atoms with van der Waals surface area (Å²) < 4.78 is 0. The Balaban J connectivity index is 2.12. The molecule has 0 bridgehead atoms. The third-order valence-corrected chi connectivity index (χ3v) is 5.68. The van der Waals surface area contributed by atoms with E-state index in [9.17, 15) is 9.59 Å². The van der Waals surface area contributed by atoms with E-state index in [4.69, 9.17) is 0 Å². The number of hydrogen-bond donors (Lipinski definition) is 1. The maximum absolute atomic E-state index is 13.3. The number of hydrogen-bond acceptors (Lipinski definition) is 2. The van der Waals surface area contributed by atoms with Crippen LogP contribution in [0.2, 0.25) is 0 Å². The second-order valence-corrected chi connectivity index (χ2v) is 7.53. The van der Waals surface area contributed by atoms with Gasteiger partial charge in [0.15, 0.2) is 0 Å². The molecular formula is C27H29NO2. The molecule has 3 aromatic carbocycles. The minimum atomic E-state index is -0.839. The monoisotopic (exact) mass is 399 g/mol. The van der Waals surface area contributed by atoms with E-state index in [1.807, 2.05) is 105 Å². The van der Waals surface area contributed by atoms with Gasteiger partial charge in [-0.25, -0.2) is 0 Å². The quantitative estimate of drug-likeness (QED) is 0.484. The number of carbonyl (C=O) groups is 2. The molecule has 154 valence electrons. The highest BCUT2D eigenvalue weighted by atomic mass is 16.2. The fourth-order valence-corrected chi connectivity index (χ4v) is 4.04. The molecule has 0 radical (unpaired) electrons. The number of nitrogens with one attached hydrogen (secondary N) is 1. The molecule has 0 aliphatic carbocycles. The molecule has 3 heteroatoms. The summed E-state index contributed by atoms with van der Waals surface area (Å²) in [6.07, 6.45) is 1.31. The van der Waals surface area contributed by atoms with Crippen LogP contribution in [-0.2, 0) is 15.1 Å². The number of rotatable bonds is 9. The molecule has 0 fully saturated rings. The van der Waals surface area contributed by atoms with Crippen LogP contribution >= 0.6 is 0 Å². The number of ketones is 1. The molecule has 0 unspecified atom stereocenters. The maximum Gasteiger partial charge on any atom is 0.221 e. The average Bonchev–Trinajstić information content (AvgIpc) is 2.82. The summed E-state index contributed by atoms with van der Waals surface area (Å²) in [5, 5.41) is 3.33. The van der Waals surface area contributed by atoms with Crippen LogP contribution in [-0.4, -0.2) is 11.7 Å². The van der Waals surface area contributed by atoms with Crippen LogP contribution in [0, 0.1) is 5.92 Å². The van der Waals surface area contributed by atoms with E-state index in [-0.39, 0.29) is 24.0 Å². The van der Waals surface area contributed by atoms with Gasteiger partial charge in [0.05, 0.1) is 0 Å². The summed E-state index contributed by atoms with van der Waals surface area (Å²) in [6.45, 7) is 3.81. The Kier molecular flexibility index (Phi) is 7.18. The van der Waals surface area contributed by atoms with Crippen molar-refractivity contribution in [2.75, 3.05) is 0 Å². The predicted octanol–water partition coefficient (Wildman–Crippen LogP) is 5.49. The second-order valence-electron chi connectivity index (χ2n) is 7.53. The zero-order valence-electron chi connectivity index (χ0n) is 17.7. The van der Waals surface area contributed by atoms with E-state index in [1.165, 1.54) is 0 Å². The van der Waals surface area contributed by atoms with Crippen molar-refractivity contribution in [2.24, 2.45) is 5.92 Å². The fourth-order valence-electron chi connectivity index (χ4n) is 4.04. The Morgan fingerprint density at radius 2 is 1.13 bits per heavy atom. The highest BCUT2D eigenvalue weighted by Gasteiger charge is 2.38. The van der Waals surface area contributed by atoms with Crippen LogP contribution in [0.1, 0.15) is 49.8 Å². The molecule has 0 saturated carbocycles. The highest BCUT2D eigenvalue weighted by molar-refractivity contribution is 5.87. The molecule has 0 aromatic heterocycles. The molecule has 0 aliphatic rings. The van der Waals surface area contributed by atoms with Crippen LogP contribution in [0.15, 0.2) is 91.0 Å². The lowest BCUT2D eigenvalue weighted by Gasteiger charge is -2.37. The first-order valence-corrected chi connectivity index (χ1v) is 10.6. The van der Waals surface area contributed by atoms with Crippen LogP contribution in [0.25, 0.3) is 0 Å². The fraction of sp³-hybridized carbons (Fsp3) is 0.259. The maximum atomic E-state index is 13.3. The van der Waals surface area contributed by atoms with E-state index >= 15 is 0 Å². The molecule has 0 saturated heterocycles. The summed E-state index contributed by atoms with van der Waals surface area (Å²) in [6, 6.07) is 30.0. The van der Waals surface area contributed by atoms with E-state index in [2.05, 4.69) is 5.32 Å². The number of Topliss-reactive ketones (excluding diaryl/α,β-unsaturated/α-hetero) is 1. The molecular weight excluding hydrogens is 370 g/mol. The van der Waals surface area contributed by atoms with Gasteiger partial charge in [-0.3, -0.25) is 9.59 Å². The molecule has 0 heterocycles. The van der Waals surface area contributed by atoms with Gasteiger partial charge >= 0.3 is 0 Å². The third kappa shape index (κ3) is 4.51. The molecule has 1 N–H and O–H groups in total. The Labute approximate surface area is 179 Å². The summed E-state index contributed by atoms with van der Waals surface area (Å²) >= 11 is 0. The number of carbonyl (C=O) groups excluding carboxylic acids is 2. The second kappa shape index (κ2) is 10.0. The first-order chi connectivity index (χ1) is 14.6. The van der Waals surface area contributed by atoms with Crippen LogP contribution in [0.5, 0.6) is 0 Å². The van der Waals surface area contributed by atoms with Crippen molar-refractivity contribution in [3.63, 3.8) is 0 Å². The van der Waals surface area contributed by atoms with Gasteiger partial charge in [-0.1, -0.05) is 105 Å². The normalized spacial score (nSPS) is 12.2. The minimum Gasteiger partial charge on any atom is -0.338 e. The molecule has 1 amide bonds. The minimum absolute atomic E-state index is 0.125. The summed E-state index contributed by atoms with van der Waals surface area (Å²) in [7, 11) is 0. The van der Waals surface area contributed by atoms with Crippen LogP contribution in [0.4, 0.5) is 0 Å². The lowest BCUT2D eigenvalue weighted by Crippen LogP contribution is -2.48. The van der Waals surface area contributed by atoms with Crippen molar-refractivity contribution >= 4 is 11.7 Å². The van der Waals surface area contributed by atoms with Crippen LogP contribution < -0.4 is 5.32 Å². The van der Waals surface area contributed by atoms with Crippen molar-refractivity contribution in [3.05, 3.63) is 108 Å². The molecule has 3 rings (SSSR count). The van der Waals surface area contributed by atoms with Gasteiger partial charge in [0.25, 0.3) is 0 Å². The average molecular weight is 400 g/mol. The van der Waals surface area contributed by atoms with Crippen molar-refractivity contribution < 1.29 is 9.59 Å². The van der Waals surface area contributed by atoms with Crippen molar-refractivity contribution in [3.8, 4) is 0 Å². The van der Waals surface area contributed by atoms with Crippen LogP contribution in [0.3, 0.4) is 0 Å². The number of amides is 1. The van der Waals surface area contributed by atoms with Gasteiger partial charge in [-0.15, -0.1) is 0 Å². The van der Waals surface area contributed by atoms with Gasteiger partial charge in [-0.05, 0) is 23.1 Å². The van der Waals surface area contributed by atoms with E-state index in [1.54, 1.807) is 0 Å². The lowest BCUT2D eigenvalue weighted by molar-refractivity contribution is -0.129. The smallest absolute Gasteiger partial charge is 0.221 e. The Morgan fingerprint density at radius 3 is 1.47 bits per heavy atom. The van der Waals surface area contributed by atoms with Gasteiger partial charge in [0.1, 0.15) is 11.3 Å². The first-order valence-electron chi connectivity index (χ1n) is 10.6. The number of benzene rings is 3. The lowest BCUT2D eigenvalue weighted by atomic mass is 9.76. The van der Waals surface area contributed by atoms with Crippen molar-refractivity contribution in [1.82, 2.24) is 5.32 Å². The molecule has 0 aliphatic heterocycles. The first kappa shape index (κ1) is 21.5. The summed E-state index contributed by atoms with van der Waals surface area (Å²) in [4.78, 5) is 25.6. The van der Waals surface area contributed by atoms with Crippen molar-refractivity contribution in [1.29, 1.82) is 0 Å². The SMILES string of the molecule is CCC(=O)[C@@H](CC)CC(=O)NC(c1ccccc1)(c1ccccc1)c1ccccc1. The van der Waals surface area contributed by atoms with E-state index < -0.39 is 5.54 Å². The Hall–Kier alpha value is -3.20. The van der Waals surface area contributed by atoms with Gasteiger partial charge in [0.2, 0.25) is 5.91 Å². The molecule has 3 aromatic rings. The summed E-state index contributed by atoms with van der Waals surface area (Å²) in [5.74, 6) is -0.243. The highest BCUT2D eigenvalue weighted by Crippen LogP contribution is 2.37. The van der Waals surface area contributed by atoms with E-state index in [0.29, 0.717) is 12.8 Å². The van der Waals surface area contributed by atoms with Gasteiger partial charge in [0, 0.05) is 18.8 Å². The topological polar surface area (TPSA) is 46.2 Å². The molecule has 1 atom stereocenters. The molecule has 3 nitrogen and oxygen atoms in total. The Morgan fingerprint density at radius 1 is 0.733 bits per heavy atom. The third-order valence-electron chi connectivity index (χ3n) is 5.68. The zero-order chi connectivity index (χ0) is 21.4. The molecule has 30 heavy (non-hydrogen) atoms. The predicted molar refractivity (Wildman–Crippen MR) is 121 cm³/mol. The Bertz CT molecular complexity index is 855. The summed E-state index contributed by atoms with van der Waals surface area (Å²) in [5.41, 5.74) is 2.09. The largest absolute Gasteiger partial charge is 0.338 e. The van der Waals surface area contributed by atoms with Gasteiger partial charge < -0.3 is 5.32 Å².